The number of anilines is 1. The summed E-state index contributed by atoms with van der Waals surface area (Å²) in [5.74, 6) is 0.184. The minimum Gasteiger partial charge on any atom is -0.404 e. The van der Waals surface area contributed by atoms with Crippen LogP contribution in [-0.2, 0) is 22.9 Å². The van der Waals surface area contributed by atoms with Gasteiger partial charge in [-0.1, -0.05) is 6.07 Å². The van der Waals surface area contributed by atoms with Crippen molar-refractivity contribution in [3.05, 3.63) is 66.2 Å². The fraction of sp³-hybridized carbons (Fsp3) is 0.333. The van der Waals surface area contributed by atoms with Gasteiger partial charge >= 0.3 is 6.18 Å². The molecule has 11 heteroatoms. The zero-order valence-corrected chi connectivity index (χ0v) is 19.7. The van der Waals surface area contributed by atoms with E-state index >= 15 is 0 Å². The summed E-state index contributed by atoms with van der Waals surface area (Å²) in [5.41, 5.74) is 8.42. The Hall–Kier alpha value is -3.34. The van der Waals surface area contributed by atoms with Crippen LogP contribution in [0.3, 0.4) is 0 Å². The first-order chi connectivity index (χ1) is 16.6. The van der Waals surface area contributed by atoms with Gasteiger partial charge in [0.2, 0.25) is 0 Å². The smallest absolute Gasteiger partial charge is 0.404 e. The van der Waals surface area contributed by atoms with Crippen molar-refractivity contribution in [1.82, 2.24) is 9.55 Å². The van der Waals surface area contributed by atoms with E-state index in [0.717, 1.165) is 5.56 Å². The summed E-state index contributed by atoms with van der Waals surface area (Å²) in [6.45, 7) is -0.858. The second kappa shape index (κ2) is 10.1. The molecule has 3 aromatic rings. The Bertz CT molecular complexity index is 1330. The molecule has 7 nitrogen and oxygen atoms in total. The lowest BCUT2D eigenvalue weighted by molar-refractivity contribution is -0.140. The molecule has 35 heavy (non-hydrogen) atoms. The van der Waals surface area contributed by atoms with E-state index in [1.54, 1.807) is 48.8 Å². The SMILES string of the molecule is NC=C(C=NCc1ccncc1)c1cc2c(NC3CCS(=O)(=O)CC3)cccc2n1CC(F)(F)F. The fourth-order valence-corrected chi connectivity index (χ4v) is 5.68. The van der Waals surface area contributed by atoms with Crippen LogP contribution >= 0.6 is 0 Å². The van der Waals surface area contributed by atoms with Crippen LogP contribution in [0.25, 0.3) is 16.5 Å². The van der Waals surface area contributed by atoms with Gasteiger partial charge in [0.25, 0.3) is 0 Å². The second-order valence-electron chi connectivity index (χ2n) is 8.49. The number of halogens is 3. The Labute approximate surface area is 201 Å². The molecular formula is C24H26F3N5O2S. The normalized spacial score (nSPS) is 17.3. The molecule has 3 N–H and O–H groups in total. The van der Waals surface area contributed by atoms with E-state index in [-0.39, 0.29) is 17.5 Å². The minimum absolute atomic E-state index is 0.0787. The fourth-order valence-electron chi connectivity index (χ4n) is 4.19. The third kappa shape index (κ3) is 6.21. The number of sulfone groups is 1. The highest BCUT2D eigenvalue weighted by molar-refractivity contribution is 7.91. The van der Waals surface area contributed by atoms with Crippen molar-refractivity contribution in [3.63, 3.8) is 0 Å². The van der Waals surface area contributed by atoms with Gasteiger partial charge in [0.15, 0.2) is 0 Å². The number of fused-ring (bicyclic) bond motifs is 1. The first-order valence-corrected chi connectivity index (χ1v) is 12.9. The molecule has 2 aromatic heterocycles. The number of aliphatic imine (C=N–C) groups is 1. The zero-order chi connectivity index (χ0) is 25.1. The summed E-state index contributed by atoms with van der Waals surface area (Å²) in [4.78, 5) is 8.31. The zero-order valence-electron chi connectivity index (χ0n) is 18.9. The minimum atomic E-state index is -4.45. The molecule has 1 aromatic carbocycles. The Morgan fingerprint density at radius 3 is 2.57 bits per heavy atom. The Morgan fingerprint density at radius 2 is 1.91 bits per heavy atom. The van der Waals surface area contributed by atoms with E-state index in [9.17, 15) is 21.6 Å². The number of allylic oxidation sites excluding steroid dienone is 1. The van der Waals surface area contributed by atoms with E-state index in [2.05, 4.69) is 15.3 Å². The number of rotatable bonds is 7. The van der Waals surface area contributed by atoms with Gasteiger partial charge in [-0.25, -0.2) is 8.42 Å². The molecule has 4 rings (SSSR count). The highest BCUT2D eigenvalue weighted by Crippen LogP contribution is 2.33. The largest absolute Gasteiger partial charge is 0.406 e. The number of nitrogens with one attached hydrogen (secondary N) is 1. The van der Waals surface area contributed by atoms with Gasteiger partial charge in [0.1, 0.15) is 16.4 Å². The van der Waals surface area contributed by atoms with Crippen molar-refractivity contribution in [2.24, 2.45) is 10.7 Å². The maximum absolute atomic E-state index is 13.5. The van der Waals surface area contributed by atoms with Crippen molar-refractivity contribution in [2.45, 2.75) is 38.1 Å². The summed E-state index contributed by atoms with van der Waals surface area (Å²) < 4.78 is 65.3. The molecule has 186 valence electrons. The summed E-state index contributed by atoms with van der Waals surface area (Å²) in [7, 11) is -3.03. The quantitative estimate of drug-likeness (QED) is 0.470. The van der Waals surface area contributed by atoms with Crippen LogP contribution in [0.5, 0.6) is 0 Å². The number of hydrogen-bond acceptors (Lipinski definition) is 6. The van der Waals surface area contributed by atoms with Crippen LogP contribution in [0.15, 0.2) is 60.0 Å². The number of nitrogens with two attached hydrogens (primary N) is 1. The third-order valence-electron chi connectivity index (χ3n) is 5.93. The van der Waals surface area contributed by atoms with Gasteiger partial charge in [0, 0.05) is 47.5 Å². The van der Waals surface area contributed by atoms with E-state index in [1.807, 2.05) is 0 Å². The van der Waals surface area contributed by atoms with Gasteiger partial charge in [-0.2, -0.15) is 13.2 Å². The number of nitrogens with zero attached hydrogens (tertiary/aromatic N) is 3. The number of alkyl halides is 3. The van der Waals surface area contributed by atoms with Crippen molar-refractivity contribution >= 4 is 38.2 Å². The summed E-state index contributed by atoms with van der Waals surface area (Å²) in [5, 5.41) is 3.94. The first kappa shape index (κ1) is 24.8. The van der Waals surface area contributed by atoms with Gasteiger partial charge in [-0.3, -0.25) is 9.98 Å². The molecule has 0 aliphatic carbocycles. The first-order valence-electron chi connectivity index (χ1n) is 11.1. The lowest BCUT2D eigenvalue weighted by atomic mass is 10.1. The molecule has 0 amide bonds. The van der Waals surface area contributed by atoms with Crippen molar-refractivity contribution < 1.29 is 21.6 Å². The molecule has 1 aliphatic heterocycles. The highest BCUT2D eigenvalue weighted by Gasteiger charge is 2.31. The van der Waals surface area contributed by atoms with Crippen molar-refractivity contribution in [2.75, 3.05) is 16.8 Å². The summed E-state index contributed by atoms with van der Waals surface area (Å²) >= 11 is 0. The molecule has 0 saturated carbocycles. The molecule has 0 spiro atoms. The van der Waals surface area contributed by atoms with Crippen LogP contribution in [0, 0.1) is 0 Å². The monoisotopic (exact) mass is 505 g/mol. The van der Waals surface area contributed by atoms with Crippen LogP contribution in [-0.4, -0.2) is 47.9 Å². The predicted molar refractivity (Wildman–Crippen MR) is 132 cm³/mol. The number of benzene rings is 1. The van der Waals surface area contributed by atoms with E-state index in [4.69, 9.17) is 5.73 Å². The maximum atomic E-state index is 13.5. The molecule has 0 unspecified atom stereocenters. The summed E-state index contributed by atoms with van der Waals surface area (Å²) in [6.07, 6.45) is 2.45. The molecule has 1 aliphatic rings. The van der Waals surface area contributed by atoms with Gasteiger partial charge in [-0.05, 0) is 48.7 Å². The lowest BCUT2D eigenvalue weighted by Gasteiger charge is -2.24. The predicted octanol–water partition coefficient (Wildman–Crippen LogP) is 4.16. The topological polar surface area (TPSA) is 102 Å². The molecule has 0 atom stereocenters. The molecule has 1 saturated heterocycles. The lowest BCUT2D eigenvalue weighted by Crippen LogP contribution is -2.32. The number of hydrogen-bond donors (Lipinski definition) is 2. The van der Waals surface area contributed by atoms with E-state index in [1.165, 1.54) is 17.0 Å². The Kier molecular flexibility index (Phi) is 7.15. The van der Waals surface area contributed by atoms with Gasteiger partial charge in [0.05, 0.1) is 29.3 Å². The maximum Gasteiger partial charge on any atom is 0.406 e. The van der Waals surface area contributed by atoms with Gasteiger partial charge < -0.3 is 15.6 Å². The van der Waals surface area contributed by atoms with Crippen LogP contribution in [0.4, 0.5) is 18.9 Å². The van der Waals surface area contributed by atoms with Crippen molar-refractivity contribution in [3.8, 4) is 0 Å². The van der Waals surface area contributed by atoms with E-state index < -0.39 is 22.6 Å². The standard InChI is InChI=1S/C24H26F3N5O2S/c25-24(26,27)16-32-22-3-1-2-21(31-19-6-10-35(33,34)11-7-19)20(22)12-23(32)18(13-28)15-30-14-17-4-8-29-9-5-17/h1-5,8-9,12-13,15,19,31H,6-7,10-11,14,16,28H2. The molecular weight excluding hydrogens is 479 g/mol. The van der Waals surface area contributed by atoms with Gasteiger partial charge in [-0.15, -0.1) is 0 Å². The number of pyridine rings is 1. The molecule has 0 radical (unpaired) electrons. The number of aromatic nitrogens is 2. The Morgan fingerprint density at radius 1 is 1.20 bits per heavy atom. The van der Waals surface area contributed by atoms with Crippen LogP contribution < -0.4 is 11.1 Å². The molecule has 1 fully saturated rings. The average Bonchev–Trinajstić information content (AvgIpc) is 3.16. The Balaban J connectivity index is 1.68. The van der Waals surface area contributed by atoms with Crippen molar-refractivity contribution in [1.29, 1.82) is 0 Å². The second-order valence-corrected chi connectivity index (χ2v) is 10.8. The van der Waals surface area contributed by atoms with E-state index in [0.29, 0.717) is 47.2 Å². The molecule has 3 heterocycles. The van der Waals surface area contributed by atoms with Crippen LogP contribution in [0.1, 0.15) is 24.1 Å². The summed E-state index contributed by atoms with van der Waals surface area (Å²) in [6, 6.07) is 10.3. The average molecular weight is 506 g/mol. The molecule has 0 bridgehead atoms. The highest BCUT2D eigenvalue weighted by atomic mass is 32.2. The third-order valence-corrected chi connectivity index (χ3v) is 7.64. The van der Waals surface area contributed by atoms with Crippen LogP contribution in [0.2, 0.25) is 0 Å².